The van der Waals surface area contributed by atoms with E-state index in [9.17, 15) is 0 Å². The number of hydrogen-bond acceptors (Lipinski definition) is 3. The topological polar surface area (TPSA) is 24.5 Å². The van der Waals surface area contributed by atoms with E-state index in [1.54, 1.807) is 0 Å². The minimum Gasteiger partial charge on any atom is -0.492 e. The van der Waals surface area contributed by atoms with Crippen molar-refractivity contribution in [2.45, 2.75) is 33.7 Å². The summed E-state index contributed by atoms with van der Waals surface area (Å²) in [5.74, 6) is 2.66. The number of nitrogens with zero attached hydrogens (tertiary/aromatic N) is 1. The molecule has 0 spiro atoms. The molecule has 0 aromatic heterocycles. The van der Waals surface area contributed by atoms with Crippen LogP contribution in [-0.4, -0.2) is 37.7 Å². The Morgan fingerprint density at radius 3 is 2.95 bits per heavy atom. The smallest absolute Gasteiger partial charge is 0.119 e. The van der Waals surface area contributed by atoms with Gasteiger partial charge in [-0.1, -0.05) is 32.9 Å². The van der Waals surface area contributed by atoms with Crippen molar-refractivity contribution >= 4 is 0 Å². The highest BCUT2D eigenvalue weighted by Gasteiger charge is 2.24. The predicted molar refractivity (Wildman–Crippen MR) is 88.7 cm³/mol. The summed E-state index contributed by atoms with van der Waals surface area (Å²) < 4.78 is 5.91. The fourth-order valence-electron chi connectivity index (χ4n) is 2.92. The highest BCUT2D eigenvalue weighted by Crippen LogP contribution is 2.23. The maximum atomic E-state index is 5.91. The number of benzene rings is 1. The van der Waals surface area contributed by atoms with Crippen LogP contribution in [0.15, 0.2) is 24.3 Å². The molecule has 1 N–H and O–H groups in total. The van der Waals surface area contributed by atoms with Crippen LogP contribution in [-0.2, 0) is 6.54 Å². The number of likely N-dealkylation sites (tertiary alicyclic amines) is 1. The van der Waals surface area contributed by atoms with E-state index in [0.29, 0.717) is 0 Å². The van der Waals surface area contributed by atoms with Crippen molar-refractivity contribution in [3.05, 3.63) is 29.8 Å². The zero-order valence-corrected chi connectivity index (χ0v) is 13.8. The number of rotatable bonds is 8. The summed E-state index contributed by atoms with van der Waals surface area (Å²) in [6.45, 7) is 13.0. The molecule has 1 aliphatic rings. The van der Waals surface area contributed by atoms with Gasteiger partial charge in [-0.15, -0.1) is 0 Å². The Bertz CT molecular complexity index is 419. The van der Waals surface area contributed by atoms with Crippen LogP contribution in [0.2, 0.25) is 0 Å². The number of nitrogens with one attached hydrogen (secondary N) is 1. The summed E-state index contributed by atoms with van der Waals surface area (Å²) in [6, 6.07) is 8.41. The Morgan fingerprint density at radius 1 is 1.38 bits per heavy atom. The van der Waals surface area contributed by atoms with Crippen LogP contribution in [0.25, 0.3) is 0 Å². The zero-order chi connectivity index (χ0) is 15.1. The van der Waals surface area contributed by atoms with Crippen molar-refractivity contribution in [1.29, 1.82) is 0 Å². The molecular weight excluding hydrogens is 260 g/mol. The molecule has 0 amide bonds. The van der Waals surface area contributed by atoms with Gasteiger partial charge in [0.2, 0.25) is 0 Å². The van der Waals surface area contributed by atoms with Crippen LogP contribution in [0.4, 0.5) is 0 Å². The minimum atomic E-state index is 0.787. The molecule has 2 rings (SSSR count). The van der Waals surface area contributed by atoms with Gasteiger partial charge in [0.1, 0.15) is 12.4 Å². The molecule has 21 heavy (non-hydrogen) atoms. The molecular formula is C18H30N2O. The van der Waals surface area contributed by atoms with E-state index >= 15 is 0 Å². The van der Waals surface area contributed by atoms with Gasteiger partial charge in [0.05, 0.1) is 0 Å². The van der Waals surface area contributed by atoms with Gasteiger partial charge in [-0.2, -0.15) is 0 Å². The van der Waals surface area contributed by atoms with Gasteiger partial charge in [0.15, 0.2) is 0 Å². The second-order valence-electron chi connectivity index (χ2n) is 6.37. The minimum absolute atomic E-state index is 0.787. The standard InChI is InChI=1S/C18H30N2O/c1-4-19-13-16-6-5-7-18(12-16)21-11-10-20-9-8-17(14-20)15(2)3/h5-7,12,15,17,19H,4,8-11,13-14H2,1-3H3. The molecule has 0 bridgehead atoms. The van der Waals surface area contributed by atoms with E-state index in [1.165, 1.54) is 25.1 Å². The second-order valence-corrected chi connectivity index (χ2v) is 6.37. The van der Waals surface area contributed by atoms with Crippen molar-refractivity contribution in [1.82, 2.24) is 10.2 Å². The molecule has 1 unspecified atom stereocenters. The van der Waals surface area contributed by atoms with E-state index in [4.69, 9.17) is 4.74 Å². The average molecular weight is 290 g/mol. The van der Waals surface area contributed by atoms with Gasteiger partial charge >= 0.3 is 0 Å². The van der Waals surface area contributed by atoms with Gasteiger partial charge in [-0.25, -0.2) is 0 Å². The molecule has 3 heteroatoms. The lowest BCUT2D eigenvalue weighted by atomic mass is 9.95. The van der Waals surface area contributed by atoms with Crippen molar-refractivity contribution in [2.24, 2.45) is 11.8 Å². The van der Waals surface area contributed by atoms with Crippen molar-refractivity contribution in [2.75, 3.05) is 32.8 Å². The molecule has 0 saturated carbocycles. The first-order chi connectivity index (χ1) is 10.2. The lowest BCUT2D eigenvalue weighted by Crippen LogP contribution is -2.27. The van der Waals surface area contributed by atoms with Gasteiger partial charge in [-0.3, -0.25) is 4.90 Å². The van der Waals surface area contributed by atoms with Gasteiger partial charge in [0, 0.05) is 19.6 Å². The third-order valence-electron chi connectivity index (χ3n) is 4.41. The fraction of sp³-hybridized carbons (Fsp3) is 0.667. The molecule has 1 heterocycles. The average Bonchev–Trinajstić information content (AvgIpc) is 2.95. The van der Waals surface area contributed by atoms with E-state index < -0.39 is 0 Å². The highest BCUT2D eigenvalue weighted by atomic mass is 16.5. The van der Waals surface area contributed by atoms with Crippen molar-refractivity contribution in [3.8, 4) is 5.75 Å². The Kier molecular flexibility index (Phi) is 6.52. The first-order valence-electron chi connectivity index (χ1n) is 8.34. The molecule has 1 aromatic carbocycles. The third-order valence-corrected chi connectivity index (χ3v) is 4.41. The molecule has 0 radical (unpaired) electrons. The lowest BCUT2D eigenvalue weighted by Gasteiger charge is -2.18. The van der Waals surface area contributed by atoms with Gasteiger partial charge < -0.3 is 10.1 Å². The molecule has 1 fully saturated rings. The Morgan fingerprint density at radius 2 is 2.24 bits per heavy atom. The second kappa shape index (κ2) is 8.40. The molecule has 118 valence electrons. The highest BCUT2D eigenvalue weighted by molar-refractivity contribution is 5.28. The zero-order valence-electron chi connectivity index (χ0n) is 13.8. The normalized spacial score (nSPS) is 19.3. The summed E-state index contributed by atoms with van der Waals surface area (Å²) in [7, 11) is 0. The maximum absolute atomic E-state index is 5.91. The molecule has 1 aliphatic heterocycles. The first-order valence-corrected chi connectivity index (χ1v) is 8.34. The predicted octanol–water partition coefficient (Wildman–Crippen LogP) is 3.15. The molecule has 1 saturated heterocycles. The SMILES string of the molecule is CCNCc1cccc(OCCN2CCC(C(C)C)C2)c1. The Hall–Kier alpha value is -1.06. The van der Waals surface area contributed by atoms with Gasteiger partial charge in [-0.05, 0) is 49.0 Å². The summed E-state index contributed by atoms with van der Waals surface area (Å²) in [6.07, 6.45) is 1.34. The summed E-state index contributed by atoms with van der Waals surface area (Å²) in [5.41, 5.74) is 1.29. The summed E-state index contributed by atoms with van der Waals surface area (Å²) >= 11 is 0. The van der Waals surface area contributed by atoms with E-state index in [0.717, 1.165) is 43.8 Å². The molecule has 0 aliphatic carbocycles. The van der Waals surface area contributed by atoms with Crippen molar-refractivity contribution < 1.29 is 4.74 Å². The van der Waals surface area contributed by atoms with Crippen LogP contribution in [0, 0.1) is 11.8 Å². The quantitative estimate of drug-likeness (QED) is 0.796. The third kappa shape index (κ3) is 5.33. The Balaban J connectivity index is 1.71. The Labute approximate surface area is 129 Å². The molecule has 1 aromatic rings. The number of hydrogen-bond donors (Lipinski definition) is 1. The molecule has 3 nitrogen and oxygen atoms in total. The van der Waals surface area contributed by atoms with E-state index in [1.807, 2.05) is 0 Å². The number of ether oxygens (including phenoxy) is 1. The lowest BCUT2D eigenvalue weighted by molar-refractivity contribution is 0.227. The summed E-state index contributed by atoms with van der Waals surface area (Å²) in [5, 5.41) is 3.34. The van der Waals surface area contributed by atoms with Gasteiger partial charge in [0.25, 0.3) is 0 Å². The fourth-order valence-corrected chi connectivity index (χ4v) is 2.92. The maximum Gasteiger partial charge on any atom is 0.119 e. The van der Waals surface area contributed by atoms with Crippen LogP contribution in [0.5, 0.6) is 5.75 Å². The monoisotopic (exact) mass is 290 g/mol. The first kappa shape index (κ1) is 16.3. The van der Waals surface area contributed by atoms with Crippen LogP contribution in [0.3, 0.4) is 0 Å². The van der Waals surface area contributed by atoms with E-state index in [2.05, 4.69) is 55.3 Å². The van der Waals surface area contributed by atoms with E-state index in [-0.39, 0.29) is 0 Å². The van der Waals surface area contributed by atoms with Crippen LogP contribution in [0.1, 0.15) is 32.8 Å². The summed E-state index contributed by atoms with van der Waals surface area (Å²) in [4.78, 5) is 2.53. The largest absolute Gasteiger partial charge is 0.492 e. The van der Waals surface area contributed by atoms with Crippen LogP contribution >= 0.6 is 0 Å². The van der Waals surface area contributed by atoms with Crippen molar-refractivity contribution in [3.63, 3.8) is 0 Å². The molecule has 1 atom stereocenters. The van der Waals surface area contributed by atoms with Crippen LogP contribution < -0.4 is 10.1 Å².